The van der Waals surface area contributed by atoms with Crippen molar-refractivity contribution >= 4 is 37.4 Å². The van der Waals surface area contributed by atoms with E-state index in [2.05, 4.69) is 67.9 Å². The number of unbranched alkanes of at least 4 members (excludes halogenated alkanes) is 10. The smallest absolute Gasteiger partial charge is 0.164 e. The van der Waals surface area contributed by atoms with Gasteiger partial charge in [-0.05, 0) is 88.4 Å². The summed E-state index contributed by atoms with van der Waals surface area (Å²) in [5, 5.41) is 29.9. The fourth-order valence-electron chi connectivity index (χ4n) is 9.08. The van der Waals surface area contributed by atoms with Gasteiger partial charge in [-0.3, -0.25) is 4.79 Å². The number of hydrogen-bond acceptors (Lipinski definition) is 5. The molecule has 4 rings (SSSR count). The summed E-state index contributed by atoms with van der Waals surface area (Å²) in [5.41, 5.74) is 4.56. The largest absolute Gasteiger partial charge is 0.390 e. The topological polar surface area (TPSA) is 113 Å². The van der Waals surface area contributed by atoms with Crippen molar-refractivity contribution in [3.05, 3.63) is 48.6 Å². The molecular formula is C47H87BCl2NO4. The van der Waals surface area contributed by atoms with Crippen molar-refractivity contribution in [3.63, 3.8) is 0 Å². The van der Waals surface area contributed by atoms with Gasteiger partial charge in [-0.25, -0.2) is 0 Å². The van der Waals surface area contributed by atoms with Crippen LogP contribution in [0.4, 0.5) is 0 Å². The summed E-state index contributed by atoms with van der Waals surface area (Å²) < 4.78 is 0. The minimum Gasteiger partial charge on any atom is -0.390 e. The monoisotopic (exact) mass is 811 g/mol. The van der Waals surface area contributed by atoms with Crippen molar-refractivity contribution in [3.8, 4) is 0 Å². The van der Waals surface area contributed by atoms with E-state index in [0.717, 1.165) is 44.1 Å². The van der Waals surface area contributed by atoms with Gasteiger partial charge in [-0.1, -0.05) is 167 Å². The first kappa shape index (κ1) is 58.4. The second-order valence-corrected chi connectivity index (χ2v) is 17.7. The molecule has 5 unspecified atom stereocenters. The maximum Gasteiger partial charge on any atom is 0.164 e. The Morgan fingerprint density at radius 2 is 1.02 bits per heavy atom. The molecule has 0 amide bonds. The van der Waals surface area contributed by atoms with E-state index in [1.165, 1.54) is 93.8 Å². The lowest BCUT2D eigenvalue weighted by atomic mass is 9.61. The number of allylic oxidation sites excluding steroid dienone is 4. The molecule has 6 N–H and O–H groups in total. The Kier molecular flexibility index (Phi) is 33.0. The lowest BCUT2D eigenvalue weighted by Gasteiger charge is -2.44. The molecule has 4 fully saturated rings. The van der Waals surface area contributed by atoms with Gasteiger partial charge in [-0.15, -0.1) is 23.2 Å². The SMILES string of the molecule is C=C(C)[C@H]1CCC(=C)[C@]2(CC(O)C(=O)C2C)C1.C=C(C)[C@H]1CCC(=C)[C@]2(CC(O)C(O)C2C)C1.CCCCCCCC.CCCCCCCC.ClCCl.N.[B]. The van der Waals surface area contributed by atoms with Crippen LogP contribution in [-0.2, 0) is 4.79 Å². The zero-order valence-electron chi connectivity index (χ0n) is 37.0. The first-order valence-corrected chi connectivity index (χ1v) is 22.4. The standard InChI is InChI=1S/C15H24O2.C15H22O2.2C8H18.CH2Cl2.B.H3N/c2*1-9(2)12-6-5-10(3)15(7-12)8-13(16)14(17)11(15)4;2*1-3-5-7-8-6-4-2;2-1-3;;/h11-14,16-17H,1,3,5-8H2,2,4H3;11-13,16H,1,3,5-8H2,2,4H3;2*3-8H2,1-2H3;1H2;;1H3/t11?,12-,13?,14?,15+;11?,12-,13?,15+;;;;;/m00...../s1. The van der Waals surface area contributed by atoms with Crippen LogP contribution >= 0.6 is 23.2 Å². The summed E-state index contributed by atoms with van der Waals surface area (Å²) in [6.07, 6.45) is 22.3. The second kappa shape index (κ2) is 31.1. The van der Waals surface area contributed by atoms with Crippen molar-refractivity contribution in [2.24, 2.45) is 34.5 Å². The van der Waals surface area contributed by atoms with Crippen molar-refractivity contribution in [2.75, 3.05) is 5.34 Å². The third kappa shape index (κ3) is 18.3. The molecule has 0 saturated heterocycles. The van der Waals surface area contributed by atoms with Gasteiger partial charge in [0.15, 0.2) is 5.78 Å². The van der Waals surface area contributed by atoms with Gasteiger partial charge in [0.2, 0.25) is 0 Å². The average molecular weight is 812 g/mol. The molecule has 321 valence electrons. The number of hydrogen-bond donors (Lipinski definition) is 4. The summed E-state index contributed by atoms with van der Waals surface area (Å²) in [5.74, 6) is 0.995. The lowest BCUT2D eigenvalue weighted by molar-refractivity contribution is -0.127. The zero-order valence-corrected chi connectivity index (χ0v) is 38.5. The van der Waals surface area contributed by atoms with Crippen molar-refractivity contribution in [1.82, 2.24) is 6.15 Å². The first-order valence-electron chi connectivity index (χ1n) is 21.4. The Morgan fingerprint density at radius 3 is 1.29 bits per heavy atom. The van der Waals surface area contributed by atoms with E-state index in [9.17, 15) is 20.1 Å². The third-order valence-corrected chi connectivity index (χ3v) is 13.0. The molecule has 0 bridgehead atoms. The number of ketones is 1. The van der Waals surface area contributed by atoms with Gasteiger partial charge in [0.1, 0.15) is 6.10 Å². The number of carbonyl (C=O) groups excluding carboxylic acids is 1. The quantitative estimate of drug-likeness (QED) is 0.0678. The van der Waals surface area contributed by atoms with Crippen LogP contribution in [0.5, 0.6) is 0 Å². The maximum atomic E-state index is 11.9. The number of carbonyl (C=O) groups is 1. The molecule has 3 radical (unpaired) electrons. The number of aliphatic hydroxyl groups is 3. The predicted octanol–water partition coefficient (Wildman–Crippen LogP) is 13.5. The minimum atomic E-state index is -0.786. The molecule has 0 aromatic heterocycles. The predicted molar refractivity (Wildman–Crippen MR) is 243 cm³/mol. The number of Topliss-reactive ketones (excluding diaryl/α,β-unsaturated/α-hetero) is 1. The van der Waals surface area contributed by atoms with Gasteiger partial charge >= 0.3 is 0 Å². The average Bonchev–Trinajstić information content (AvgIpc) is 3.47. The van der Waals surface area contributed by atoms with Gasteiger partial charge in [-0.2, -0.15) is 0 Å². The van der Waals surface area contributed by atoms with E-state index >= 15 is 0 Å². The highest BCUT2D eigenvalue weighted by molar-refractivity contribution is 6.40. The molecule has 4 saturated carbocycles. The van der Waals surface area contributed by atoms with E-state index in [1.807, 2.05) is 13.8 Å². The second-order valence-electron chi connectivity index (χ2n) is 16.9. The number of alkyl halides is 2. The summed E-state index contributed by atoms with van der Waals surface area (Å²) >= 11 is 9.53. The molecule has 2 spiro atoms. The van der Waals surface area contributed by atoms with Crippen molar-refractivity contribution in [2.45, 2.75) is 202 Å². The van der Waals surface area contributed by atoms with E-state index in [1.54, 1.807) is 0 Å². The lowest BCUT2D eigenvalue weighted by Crippen LogP contribution is -2.35. The molecule has 0 aromatic carbocycles. The van der Waals surface area contributed by atoms with Crippen LogP contribution in [0.1, 0.15) is 184 Å². The Labute approximate surface area is 352 Å². The zero-order chi connectivity index (χ0) is 40.8. The highest BCUT2D eigenvalue weighted by Crippen LogP contribution is 2.58. The Hall–Kier alpha value is -0.885. The molecule has 0 heterocycles. The highest BCUT2D eigenvalue weighted by Gasteiger charge is 2.54. The number of aliphatic hydroxyl groups excluding tert-OH is 3. The van der Waals surface area contributed by atoms with Crippen LogP contribution in [0, 0.1) is 34.5 Å². The van der Waals surface area contributed by atoms with Crippen molar-refractivity contribution < 1.29 is 20.1 Å². The number of halogens is 2. The normalized spacial score (nSPS) is 30.6. The third-order valence-electron chi connectivity index (χ3n) is 13.0. The van der Waals surface area contributed by atoms with Gasteiger partial charge < -0.3 is 21.5 Å². The fourth-order valence-corrected chi connectivity index (χ4v) is 9.08. The molecule has 0 aromatic rings. The number of rotatable bonds is 12. The minimum absolute atomic E-state index is 0. The first-order chi connectivity index (χ1) is 25.0. The molecule has 0 aliphatic heterocycles. The van der Waals surface area contributed by atoms with Gasteiger partial charge in [0.25, 0.3) is 0 Å². The summed E-state index contributed by atoms with van der Waals surface area (Å²) in [7, 11) is 0. The van der Waals surface area contributed by atoms with Gasteiger partial charge in [0.05, 0.1) is 17.5 Å². The molecule has 4 aliphatic rings. The van der Waals surface area contributed by atoms with Crippen LogP contribution < -0.4 is 6.15 Å². The van der Waals surface area contributed by atoms with Crippen molar-refractivity contribution in [1.29, 1.82) is 0 Å². The van der Waals surface area contributed by atoms with E-state index in [0.29, 0.717) is 24.7 Å². The van der Waals surface area contributed by atoms with E-state index in [-0.39, 0.29) is 48.4 Å². The van der Waals surface area contributed by atoms with Crippen LogP contribution in [0.25, 0.3) is 0 Å². The summed E-state index contributed by atoms with van der Waals surface area (Å²) in [6.45, 7) is 33.7. The van der Waals surface area contributed by atoms with E-state index < -0.39 is 18.3 Å². The van der Waals surface area contributed by atoms with Crippen LogP contribution in [0.3, 0.4) is 0 Å². The fraction of sp³-hybridized carbons (Fsp3) is 0.809. The Bertz CT molecular complexity index is 1080. The maximum absolute atomic E-state index is 11.9. The van der Waals surface area contributed by atoms with Crippen LogP contribution in [0.2, 0.25) is 0 Å². The molecular weight excluding hydrogens is 724 g/mol. The molecule has 4 aliphatic carbocycles. The van der Waals surface area contributed by atoms with Crippen LogP contribution in [-0.4, -0.2) is 53.2 Å². The Balaban J connectivity index is -0.000000668. The molecule has 8 heteroatoms. The molecule has 55 heavy (non-hydrogen) atoms. The molecule has 5 nitrogen and oxygen atoms in total. The summed E-state index contributed by atoms with van der Waals surface area (Å²) in [4.78, 5) is 11.9. The van der Waals surface area contributed by atoms with Gasteiger partial charge in [0, 0.05) is 19.7 Å². The summed E-state index contributed by atoms with van der Waals surface area (Å²) in [6, 6.07) is 0. The molecule has 9 atom stereocenters. The van der Waals surface area contributed by atoms with E-state index in [4.69, 9.17) is 23.2 Å². The highest BCUT2D eigenvalue weighted by atomic mass is 35.5. The van der Waals surface area contributed by atoms with Crippen LogP contribution in [0.15, 0.2) is 48.6 Å². The Morgan fingerprint density at radius 1 is 0.673 bits per heavy atom.